The van der Waals surface area contributed by atoms with E-state index < -0.39 is 88.7 Å². The number of carbonyl (C=O) groups is 4. The van der Waals surface area contributed by atoms with Crippen LogP contribution in [0.25, 0.3) is 0 Å². The van der Waals surface area contributed by atoms with Gasteiger partial charge in [0.05, 0.1) is 42.1 Å². The standard InChI is InChI=1S/C27H29NO10.CH4N2O/c1-10-22(30)14(28)7-17(37-10)38-16-9-27(35,11(2)29)8-13-19(16)26(34)21-20(24(13)32)23(31)12-5-4-6-15(36-3)18(12)25(21)33;2-1(3)4/h4-6,10,14,16-17,22,30,32,34-35H,7-9,28H2,1-3H3;(H4,2,3,4)/t10-,14-,16-,17-,22+,27-;/m0./s1. The second kappa shape index (κ2) is 11.3. The first-order valence-electron chi connectivity index (χ1n) is 13.0. The van der Waals surface area contributed by atoms with Crippen molar-refractivity contribution in [2.45, 2.75) is 69.4 Å². The van der Waals surface area contributed by atoms with Gasteiger partial charge in [-0.2, -0.15) is 0 Å². The van der Waals surface area contributed by atoms with Crippen LogP contribution in [-0.4, -0.2) is 81.1 Å². The summed E-state index contributed by atoms with van der Waals surface area (Å²) in [5.74, 6) is -3.18. The number of primary amides is 2. The van der Waals surface area contributed by atoms with Gasteiger partial charge in [-0.1, -0.05) is 12.1 Å². The molecule has 2 aliphatic carbocycles. The van der Waals surface area contributed by atoms with E-state index in [0.29, 0.717) is 0 Å². The number of carbonyl (C=O) groups excluding carboxylic acids is 4. The van der Waals surface area contributed by atoms with Crippen LogP contribution < -0.4 is 21.9 Å². The van der Waals surface area contributed by atoms with Gasteiger partial charge in [0.2, 0.25) is 5.78 Å². The Bertz CT molecular complexity index is 1460. The third-order valence-electron chi connectivity index (χ3n) is 7.80. The normalized spacial score (nSPS) is 28.0. The van der Waals surface area contributed by atoms with Gasteiger partial charge in [-0.15, -0.1) is 0 Å². The van der Waals surface area contributed by atoms with Crippen molar-refractivity contribution in [2.75, 3.05) is 7.11 Å². The average Bonchev–Trinajstić information content (AvgIpc) is 2.91. The predicted octanol–water partition coefficient (Wildman–Crippen LogP) is 0.0527. The predicted molar refractivity (Wildman–Crippen MR) is 144 cm³/mol. The molecule has 1 heterocycles. The first-order chi connectivity index (χ1) is 19.6. The number of Topliss-reactive ketones (excluding diaryl/α,β-unsaturated/α-hetero) is 1. The Balaban J connectivity index is 0.000000952. The molecule has 10 N–H and O–H groups in total. The van der Waals surface area contributed by atoms with Crippen molar-refractivity contribution in [3.8, 4) is 17.2 Å². The molecule has 3 aliphatic rings. The highest BCUT2D eigenvalue weighted by atomic mass is 16.7. The second-order valence-corrected chi connectivity index (χ2v) is 10.5. The molecule has 226 valence electrons. The highest BCUT2D eigenvalue weighted by Crippen LogP contribution is 2.52. The van der Waals surface area contributed by atoms with Crippen LogP contribution in [0.3, 0.4) is 0 Å². The Morgan fingerprint density at radius 2 is 1.69 bits per heavy atom. The second-order valence-electron chi connectivity index (χ2n) is 10.5. The Kier molecular flexibility index (Phi) is 8.31. The zero-order chi connectivity index (χ0) is 31.3. The van der Waals surface area contributed by atoms with Crippen molar-refractivity contribution in [2.24, 2.45) is 17.2 Å². The molecule has 14 heteroatoms. The molecule has 2 amide bonds. The van der Waals surface area contributed by atoms with Crippen LogP contribution in [-0.2, 0) is 20.7 Å². The Labute approximate surface area is 239 Å². The van der Waals surface area contributed by atoms with Crippen molar-refractivity contribution in [1.82, 2.24) is 0 Å². The molecule has 0 bridgehead atoms. The van der Waals surface area contributed by atoms with Gasteiger partial charge in [-0.25, -0.2) is 4.79 Å². The molecule has 0 aromatic heterocycles. The van der Waals surface area contributed by atoms with E-state index >= 15 is 0 Å². The monoisotopic (exact) mass is 587 g/mol. The van der Waals surface area contributed by atoms with E-state index in [4.69, 9.17) is 24.7 Å². The number of phenols is 2. The zero-order valence-electron chi connectivity index (χ0n) is 23.1. The van der Waals surface area contributed by atoms with Gasteiger partial charge >= 0.3 is 6.03 Å². The number of amides is 2. The number of ether oxygens (including phenoxy) is 3. The number of phenolic OH excluding ortho intramolecular Hbond substituents is 2. The van der Waals surface area contributed by atoms with E-state index in [-0.39, 0.29) is 40.8 Å². The van der Waals surface area contributed by atoms with Gasteiger partial charge in [-0.3, -0.25) is 14.4 Å². The van der Waals surface area contributed by atoms with Crippen molar-refractivity contribution in [3.63, 3.8) is 0 Å². The number of urea groups is 1. The minimum atomic E-state index is -2.00. The van der Waals surface area contributed by atoms with Crippen LogP contribution in [0, 0.1) is 0 Å². The maximum absolute atomic E-state index is 13.6. The Hall–Kier alpha value is -4.08. The Morgan fingerprint density at radius 3 is 2.26 bits per heavy atom. The third kappa shape index (κ3) is 5.18. The number of hydrogen-bond acceptors (Lipinski definition) is 12. The third-order valence-corrected chi connectivity index (χ3v) is 7.80. The van der Waals surface area contributed by atoms with E-state index in [2.05, 4.69) is 11.5 Å². The lowest BCUT2D eigenvalue weighted by Gasteiger charge is -2.42. The number of fused-ring (bicyclic) bond motifs is 3. The summed E-state index contributed by atoms with van der Waals surface area (Å²) in [4.78, 5) is 48.6. The van der Waals surface area contributed by atoms with Gasteiger partial charge in [0.1, 0.15) is 22.8 Å². The number of benzene rings is 2. The van der Waals surface area contributed by atoms with Crippen molar-refractivity contribution >= 4 is 23.4 Å². The summed E-state index contributed by atoms with van der Waals surface area (Å²) in [5, 5.41) is 44.1. The molecule has 2 aromatic carbocycles. The summed E-state index contributed by atoms with van der Waals surface area (Å²) in [6.07, 6.45) is -4.53. The van der Waals surface area contributed by atoms with Crippen molar-refractivity contribution < 1.29 is 53.8 Å². The maximum atomic E-state index is 13.6. The molecule has 0 radical (unpaired) electrons. The smallest absolute Gasteiger partial charge is 0.309 e. The molecule has 0 spiro atoms. The van der Waals surface area contributed by atoms with Crippen LogP contribution in [0.15, 0.2) is 18.2 Å². The lowest BCUT2D eigenvalue weighted by atomic mass is 9.72. The van der Waals surface area contributed by atoms with E-state index in [9.17, 15) is 34.8 Å². The summed E-state index contributed by atoms with van der Waals surface area (Å²) in [6, 6.07) is 2.91. The molecule has 14 nitrogen and oxygen atoms in total. The molecular weight excluding hydrogens is 554 g/mol. The molecule has 1 aliphatic heterocycles. The van der Waals surface area contributed by atoms with E-state index in [1.165, 1.54) is 32.2 Å². The quantitative estimate of drug-likeness (QED) is 0.200. The number of ketones is 3. The molecule has 0 unspecified atom stereocenters. The fraction of sp³-hybridized carbons (Fsp3) is 0.429. The van der Waals surface area contributed by atoms with Crippen LogP contribution in [0.5, 0.6) is 17.2 Å². The fourth-order valence-electron chi connectivity index (χ4n) is 5.66. The summed E-state index contributed by atoms with van der Waals surface area (Å²) >= 11 is 0. The summed E-state index contributed by atoms with van der Waals surface area (Å²) in [7, 11) is 1.34. The first kappa shape index (κ1) is 30.9. The molecular formula is C28H33N3O11. The number of aliphatic hydroxyl groups excluding tert-OH is 1. The van der Waals surface area contributed by atoms with Gasteiger partial charge < -0.3 is 51.8 Å². The number of aliphatic hydroxyl groups is 2. The SMILES string of the molecule is COc1cccc2c1C(=O)c1c(O)c3c(c(O)c1C2=O)C[C@@](O)(C(C)=O)C[C@@H]3O[C@H]1C[C@H](N)[C@H](O)[C@H](C)O1.NC(N)=O. The van der Waals surface area contributed by atoms with Crippen molar-refractivity contribution in [3.05, 3.63) is 51.6 Å². The summed E-state index contributed by atoms with van der Waals surface area (Å²) in [6.45, 7) is 2.79. The van der Waals surface area contributed by atoms with Crippen LogP contribution in [0.4, 0.5) is 4.79 Å². The molecule has 6 atom stereocenters. The lowest BCUT2D eigenvalue weighted by molar-refractivity contribution is -0.247. The molecule has 2 aromatic rings. The molecule has 0 saturated carbocycles. The highest BCUT2D eigenvalue weighted by molar-refractivity contribution is 6.31. The largest absolute Gasteiger partial charge is 0.507 e. The van der Waals surface area contributed by atoms with Gasteiger partial charge in [0.15, 0.2) is 17.9 Å². The molecule has 5 rings (SSSR count). The molecule has 42 heavy (non-hydrogen) atoms. The number of hydrogen-bond donors (Lipinski definition) is 7. The van der Waals surface area contributed by atoms with Gasteiger partial charge in [-0.05, 0) is 19.9 Å². The first-order valence-corrected chi connectivity index (χ1v) is 13.0. The Morgan fingerprint density at radius 1 is 1.07 bits per heavy atom. The zero-order valence-corrected chi connectivity index (χ0v) is 23.1. The number of nitrogens with two attached hydrogens (primary N) is 3. The average molecular weight is 588 g/mol. The van der Waals surface area contributed by atoms with Crippen molar-refractivity contribution in [1.29, 1.82) is 0 Å². The number of rotatable bonds is 4. The van der Waals surface area contributed by atoms with Crippen LogP contribution in [0.2, 0.25) is 0 Å². The minimum Gasteiger partial charge on any atom is -0.507 e. The van der Waals surface area contributed by atoms with E-state index in [0.717, 1.165) is 0 Å². The maximum Gasteiger partial charge on any atom is 0.309 e. The van der Waals surface area contributed by atoms with E-state index in [1.54, 1.807) is 6.92 Å². The minimum absolute atomic E-state index is 0.0147. The topological polar surface area (TPSA) is 255 Å². The molecule has 1 saturated heterocycles. The van der Waals surface area contributed by atoms with Gasteiger partial charge in [0.25, 0.3) is 0 Å². The molecule has 1 fully saturated rings. The summed E-state index contributed by atoms with van der Waals surface area (Å²) in [5.41, 5.74) is 11.5. The number of methoxy groups -OCH3 is 1. The van der Waals surface area contributed by atoms with E-state index in [1.807, 2.05) is 0 Å². The number of aromatic hydroxyl groups is 2. The lowest BCUT2D eigenvalue weighted by Crippen LogP contribution is -2.52. The highest BCUT2D eigenvalue weighted by Gasteiger charge is 2.49. The van der Waals surface area contributed by atoms with Crippen LogP contribution >= 0.6 is 0 Å². The van der Waals surface area contributed by atoms with Gasteiger partial charge in [0, 0.05) is 42.0 Å². The van der Waals surface area contributed by atoms with Crippen LogP contribution in [0.1, 0.15) is 75.8 Å². The summed E-state index contributed by atoms with van der Waals surface area (Å²) < 4.78 is 17.1. The fourth-order valence-corrected chi connectivity index (χ4v) is 5.66.